The summed E-state index contributed by atoms with van der Waals surface area (Å²) in [7, 11) is -12.6. The summed E-state index contributed by atoms with van der Waals surface area (Å²) in [6, 6.07) is 13.7. The van der Waals surface area contributed by atoms with Crippen LogP contribution in [0.2, 0.25) is 0 Å². The maximum Gasteiger partial charge on any atom is 1.00 e. The van der Waals surface area contributed by atoms with Crippen molar-refractivity contribution in [3.05, 3.63) is 66.7 Å². The summed E-state index contributed by atoms with van der Waals surface area (Å²) >= 11 is 0.283. The van der Waals surface area contributed by atoms with Gasteiger partial charge in [0, 0.05) is 10.8 Å². The molecule has 0 aliphatic rings. The first-order valence-electron chi connectivity index (χ1n) is 15.0. The van der Waals surface area contributed by atoms with E-state index in [0.717, 1.165) is 0 Å². The fourth-order valence-electron chi connectivity index (χ4n) is 4.35. The molecule has 0 heterocycles. The normalized spacial score (nSPS) is 11.7. The Hall–Kier alpha value is 0.160. The zero-order valence-corrected chi connectivity index (χ0v) is 45.2. The van der Waals surface area contributed by atoms with E-state index in [2.05, 4.69) is 53.9 Å². The maximum atomic E-state index is 12.6. The van der Waals surface area contributed by atoms with Gasteiger partial charge in [-0.1, -0.05) is 0 Å². The Morgan fingerprint density at radius 1 is 0.597 bits per heavy atom. The minimum atomic E-state index is -4.83. The minimum Gasteiger partial charge on any atom is -0.747 e. The Morgan fingerprint density at radius 2 is 1.05 bits per heavy atom. The summed E-state index contributed by atoms with van der Waals surface area (Å²) < 4.78 is 112. The van der Waals surface area contributed by atoms with Crippen molar-refractivity contribution in [1.29, 1.82) is 0 Å². The largest absolute Gasteiger partial charge is 1.00 e. The molecule has 0 aliphatic heterocycles. The summed E-state index contributed by atoms with van der Waals surface area (Å²) in [5, 5.41) is 69.5. The van der Waals surface area contributed by atoms with Gasteiger partial charge in [0.15, 0.2) is 61.5 Å². The SMILES string of the molecule is O=S(=O)([O-])CNc1ccc2c(O)c(N=Nc3ccc(S(=O)(=O)CCOSOO[O-])cc3)c(OSOO[O-])cc2c1N=Nc1ccc(S(=O)(=O)CCOSOO[O-])cc1.[Na+].[Na+].[Na+].[Na+]. The number of anilines is 1. The number of azo groups is 2. The second-order valence-corrected chi connectivity index (χ2v) is 17.4. The molecule has 0 fully saturated rings. The van der Waals surface area contributed by atoms with Crippen molar-refractivity contribution in [2.45, 2.75) is 9.79 Å². The van der Waals surface area contributed by atoms with E-state index in [4.69, 9.17) is 12.5 Å². The third kappa shape index (κ3) is 20.2. The van der Waals surface area contributed by atoms with Crippen LogP contribution >= 0.6 is 37.0 Å². The van der Waals surface area contributed by atoms with Gasteiger partial charge in [-0.2, -0.15) is 10.2 Å². The molecule has 25 nitrogen and oxygen atoms in total. The van der Waals surface area contributed by atoms with Crippen molar-refractivity contribution in [2.24, 2.45) is 20.5 Å². The van der Waals surface area contributed by atoms with Crippen LogP contribution < -0.4 is 144 Å². The molecule has 0 unspecified atom stereocenters. The van der Waals surface area contributed by atoms with Crippen LogP contribution in [-0.4, -0.2) is 65.5 Å². The Morgan fingerprint density at radius 3 is 1.50 bits per heavy atom. The standard InChI is InChI=1S/C27H27N5O20S6.4Na/c33-27-21-9-10-23(28-16-58(41,42)43)25(31-29-17-1-5-19(6-2-17)56(37,38)13-11-44-53-50-47-34)22(21)15-24(46-55-52-49-36)26(27)32-30-18-3-7-20(8-4-18)57(39,40)14-12-45-54-51-48-35;;;;/h1-10,15,28,33-36H,11-14,16H2,(H,41,42,43);;;;/q;4*+1/p-4. The summed E-state index contributed by atoms with van der Waals surface area (Å²) in [4.78, 5) is -0.255. The number of rotatable bonds is 25. The van der Waals surface area contributed by atoms with E-state index in [-0.39, 0.29) is 223 Å². The Bertz CT molecular complexity index is 2400. The number of nitrogens with one attached hydrogen (secondary N) is 1. The van der Waals surface area contributed by atoms with Gasteiger partial charge < -0.3 is 34.9 Å². The van der Waals surface area contributed by atoms with Crippen LogP contribution in [0.15, 0.2) is 97.0 Å². The predicted octanol–water partition coefficient (Wildman–Crippen LogP) is -9.37. The van der Waals surface area contributed by atoms with Crippen molar-refractivity contribution in [1.82, 2.24) is 0 Å². The summed E-state index contributed by atoms with van der Waals surface area (Å²) in [5.74, 6) is -3.06. The van der Waals surface area contributed by atoms with Crippen LogP contribution in [0.25, 0.3) is 10.8 Å². The molecule has 4 aromatic carbocycles. The van der Waals surface area contributed by atoms with E-state index in [0.29, 0.717) is 0 Å². The number of benzene rings is 4. The first-order chi connectivity index (χ1) is 27.7. The number of sulfone groups is 2. The van der Waals surface area contributed by atoms with Crippen LogP contribution in [0.5, 0.6) is 11.5 Å². The number of hydrogen-bond acceptors (Lipinski definition) is 28. The van der Waals surface area contributed by atoms with E-state index in [1.807, 2.05) is 0 Å². The number of aromatic hydroxyl groups is 1. The monoisotopic (exact) mass is 1020 g/mol. The second-order valence-electron chi connectivity index (χ2n) is 10.4. The van der Waals surface area contributed by atoms with Gasteiger partial charge in [0.1, 0.15) is 21.7 Å². The molecule has 0 atom stereocenters. The Balaban J connectivity index is 0.00000930. The van der Waals surface area contributed by atoms with E-state index in [1.165, 1.54) is 66.7 Å². The fraction of sp³-hybridized carbons (Fsp3) is 0.185. The Labute approximate surface area is 453 Å². The first kappa shape index (κ1) is 62.2. The molecule has 0 aliphatic carbocycles. The van der Waals surface area contributed by atoms with Gasteiger partial charge in [0.2, 0.25) is 0 Å². The zero-order chi connectivity index (χ0) is 42.2. The molecular formula is C27H23N5Na4O20S6. The molecule has 0 bridgehead atoms. The van der Waals surface area contributed by atoms with Crippen molar-refractivity contribution in [2.75, 3.05) is 35.9 Å². The van der Waals surface area contributed by atoms with Crippen molar-refractivity contribution >= 4 is 106 Å². The van der Waals surface area contributed by atoms with Crippen LogP contribution in [0.1, 0.15) is 0 Å². The molecule has 4 aromatic rings. The molecule has 2 N–H and O–H groups in total. The summed E-state index contributed by atoms with van der Waals surface area (Å²) in [5.41, 5.74) is -0.471. The van der Waals surface area contributed by atoms with Crippen molar-refractivity contribution < 1.29 is 210 Å². The average molecular weight is 1020 g/mol. The molecule has 0 radical (unpaired) electrons. The molecule has 0 saturated heterocycles. The quantitative estimate of drug-likeness (QED) is 0.0118. The smallest absolute Gasteiger partial charge is 0.747 e. The third-order valence-electron chi connectivity index (χ3n) is 6.82. The maximum absolute atomic E-state index is 12.6. The molecule has 0 amide bonds. The number of phenols is 1. The van der Waals surface area contributed by atoms with E-state index < -0.39 is 52.9 Å². The van der Waals surface area contributed by atoms with Crippen LogP contribution in [0.3, 0.4) is 0 Å². The molecule has 62 heavy (non-hydrogen) atoms. The van der Waals surface area contributed by atoms with Crippen LogP contribution in [-0.2, 0) is 66.3 Å². The second kappa shape index (κ2) is 31.3. The fourth-order valence-corrected chi connectivity index (χ4v) is 7.75. The summed E-state index contributed by atoms with van der Waals surface area (Å²) in [6.07, 6.45) is 0. The molecule has 4 rings (SSSR count). The van der Waals surface area contributed by atoms with Gasteiger partial charge in [0.25, 0.3) is 12.3 Å². The van der Waals surface area contributed by atoms with Gasteiger partial charge in [-0.05, 0) is 66.7 Å². The van der Waals surface area contributed by atoms with E-state index in [9.17, 15) is 50.7 Å². The number of hydrogen-bond donors (Lipinski definition) is 2. The van der Waals surface area contributed by atoms with E-state index in [1.54, 1.807) is 0 Å². The topological polar surface area (TPSA) is 359 Å². The molecule has 316 valence electrons. The van der Waals surface area contributed by atoms with Gasteiger partial charge in [0.05, 0.1) is 51.6 Å². The first-order valence-corrected chi connectivity index (χ1v) is 21.9. The zero-order valence-electron chi connectivity index (χ0n) is 32.3. The molecule has 0 saturated carbocycles. The average Bonchev–Trinajstić information content (AvgIpc) is 3.19. The van der Waals surface area contributed by atoms with Gasteiger partial charge >= 0.3 is 118 Å². The summed E-state index contributed by atoms with van der Waals surface area (Å²) in [6.45, 7) is -0.712. The minimum absolute atomic E-state index is 0. The molecule has 35 heteroatoms. The van der Waals surface area contributed by atoms with Crippen molar-refractivity contribution in [3.8, 4) is 11.5 Å². The van der Waals surface area contributed by atoms with Gasteiger partial charge in [-0.3, -0.25) is 23.5 Å². The third-order valence-corrected chi connectivity index (χ3v) is 11.8. The van der Waals surface area contributed by atoms with E-state index >= 15 is 0 Å². The van der Waals surface area contributed by atoms with Gasteiger partial charge in [-0.25, -0.2) is 25.3 Å². The molecule has 0 aromatic heterocycles. The number of nitrogens with zero attached hydrogens (tertiary/aromatic N) is 4. The van der Waals surface area contributed by atoms with Gasteiger partial charge in [-0.15, -0.1) is 23.2 Å². The van der Waals surface area contributed by atoms with Crippen molar-refractivity contribution in [3.63, 3.8) is 0 Å². The number of phenolic OH excluding ortho intramolecular Hbond substituents is 1. The number of fused-ring (bicyclic) bond motifs is 1. The molecular weight excluding hydrogens is 999 g/mol. The van der Waals surface area contributed by atoms with Crippen LogP contribution in [0.4, 0.5) is 28.4 Å². The molecule has 0 spiro atoms. The van der Waals surface area contributed by atoms with Crippen LogP contribution in [0, 0.1) is 0 Å². The predicted molar refractivity (Wildman–Crippen MR) is 191 cm³/mol. The Kier molecular flexibility index (Phi) is 31.3.